The lowest BCUT2D eigenvalue weighted by Crippen LogP contribution is -2.50. The Morgan fingerprint density at radius 2 is 2.00 bits per heavy atom. The molecule has 5 aromatic rings. The standard InChI is InChI=1S/C29H24FN5O3S/c1-4-24(36)34-15-20(16-34)35-14-18(13-31-35)28-26(21-6-5-19(30)12-23(21)38-3)29-22(8-10-39-29)27(32-28)17-7-9-33(2)25(37)11-17/h4-14,20H,1,15-16H2,2-3H3. The molecule has 1 aliphatic heterocycles. The van der Waals surface area contributed by atoms with E-state index in [0.29, 0.717) is 41.4 Å². The van der Waals surface area contributed by atoms with Crippen LogP contribution in [0, 0.1) is 5.82 Å². The highest BCUT2D eigenvalue weighted by Gasteiger charge is 2.32. The minimum absolute atomic E-state index is 0.0357. The maximum absolute atomic E-state index is 14.2. The van der Waals surface area contributed by atoms with Gasteiger partial charge < -0.3 is 14.2 Å². The summed E-state index contributed by atoms with van der Waals surface area (Å²) in [5.41, 5.74) is 4.11. The number of rotatable bonds is 6. The van der Waals surface area contributed by atoms with Crippen molar-refractivity contribution < 1.29 is 13.9 Å². The van der Waals surface area contributed by atoms with Crippen molar-refractivity contribution in [2.45, 2.75) is 6.04 Å². The second-order valence-corrected chi connectivity index (χ2v) is 10.3. The van der Waals surface area contributed by atoms with E-state index in [1.807, 2.05) is 28.4 Å². The summed E-state index contributed by atoms with van der Waals surface area (Å²) in [5, 5.41) is 7.45. The highest BCUT2D eigenvalue weighted by Crippen LogP contribution is 2.46. The van der Waals surface area contributed by atoms with Crippen molar-refractivity contribution in [2.24, 2.45) is 7.05 Å². The van der Waals surface area contributed by atoms with E-state index in [0.717, 1.165) is 21.2 Å². The quantitative estimate of drug-likeness (QED) is 0.286. The van der Waals surface area contributed by atoms with E-state index in [4.69, 9.17) is 9.72 Å². The number of carbonyl (C=O) groups is 1. The number of carbonyl (C=O) groups excluding carboxylic acids is 1. The van der Waals surface area contributed by atoms with E-state index in [2.05, 4.69) is 11.7 Å². The summed E-state index contributed by atoms with van der Waals surface area (Å²) in [6.07, 6.45) is 6.69. The molecule has 5 heterocycles. The molecule has 10 heteroatoms. The second kappa shape index (κ2) is 9.63. The summed E-state index contributed by atoms with van der Waals surface area (Å²) < 4.78 is 24.0. The molecule has 0 saturated carbocycles. The van der Waals surface area contributed by atoms with Crippen molar-refractivity contribution in [2.75, 3.05) is 20.2 Å². The zero-order valence-corrected chi connectivity index (χ0v) is 22.1. The van der Waals surface area contributed by atoms with Crippen LogP contribution in [0.3, 0.4) is 0 Å². The van der Waals surface area contributed by atoms with Crippen LogP contribution >= 0.6 is 11.3 Å². The minimum Gasteiger partial charge on any atom is -0.496 e. The first-order chi connectivity index (χ1) is 18.9. The van der Waals surface area contributed by atoms with Crippen molar-refractivity contribution in [1.29, 1.82) is 0 Å². The minimum atomic E-state index is -0.402. The van der Waals surface area contributed by atoms with Crippen molar-refractivity contribution in [3.05, 3.63) is 89.2 Å². The fourth-order valence-corrected chi connectivity index (χ4v) is 5.82. The third-order valence-electron chi connectivity index (χ3n) is 7.02. The van der Waals surface area contributed by atoms with Crippen LogP contribution in [0.4, 0.5) is 4.39 Å². The Morgan fingerprint density at radius 3 is 2.74 bits per heavy atom. The fourth-order valence-electron chi connectivity index (χ4n) is 4.86. The molecule has 196 valence electrons. The number of amides is 1. The largest absolute Gasteiger partial charge is 0.496 e. The number of hydrogen-bond donors (Lipinski definition) is 0. The van der Waals surface area contributed by atoms with Gasteiger partial charge in [-0.15, -0.1) is 11.3 Å². The molecular formula is C29H24FN5O3S. The first-order valence-corrected chi connectivity index (χ1v) is 13.1. The van der Waals surface area contributed by atoms with E-state index in [-0.39, 0.29) is 17.5 Å². The van der Waals surface area contributed by atoms with E-state index >= 15 is 0 Å². The van der Waals surface area contributed by atoms with Crippen LogP contribution in [0.2, 0.25) is 0 Å². The van der Waals surface area contributed by atoms with Gasteiger partial charge in [-0.05, 0) is 35.7 Å². The maximum atomic E-state index is 14.2. The first-order valence-electron chi connectivity index (χ1n) is 12.3. The lowest BCUT2D eigenvalue weighted by molar-refractivity contribution is -0.131. The summed E-state index contributed by atoms with van der Waals surface area (Å²) in [7, 11) is 3.21. The van der Waals surface area contributed by atoms with Crippen LogP contribution in [0.1, 0.15) is 6.04 Å². The van der Waals surface area contributed by atoms with Crippen LogP contribution in [0.15, 0.2) is 77.8 Å². The van der Waals surface area contributed by atoms with Gasteiger partial charge in [0.15, 0.2) is 0 Å². The van der Waals surface area contributed by atoms with E-state index in [1.165, 1.54) is 41.2 Å². The number of methoxy groups -OCH3 is 1. The van der Waals surface area contributed by atoms with Crippen LogP contribution in [-0.2, 0) is 11.8 Å². The topological polar surface area (TPSA) is 82.2 Å². The number of halogens is 1. The van der Waals surface area contributed by atoms with Crippen LogP contribution in [-0.4, -0.2) is 50.3 Å². The average molecular weight is 542 g/mol. The molecule has 8 nitrogen and oxygen atoms in total. The molecular weight excluding hydrogens is 517 g/mol. The van der Waals surface area contributed by atoms with Gasteiger partial charge in [-0.2, -0.15) is 5.10 Å². The number of benzene rings is 1. The van der Waals surface area contributed by atoms with Crippen LogP contribution in [0.25, 0.3) is 43.7 Å². The molecule has 39 heavy (non-hydrogen) atoms. The lowest BCUT2D eigenvalue weighted by Gasteiger charge is -2.38. The Kier molecular flexibility index (Phi) is 6.11. The van der Waals surface area contributed by atoms with E-state index < -0.39 is 5.82 Å². The molecule has 0 aliphatic carbocycles. The molecule has 1 amide bonds. The monoisotopic (exact) mass is 541 g/mol. The van der Waals surface area contributed by atoms with E-state index in [9.17, 15) is 14.0 Å². The number of fused-ring (bicyclic) bond motifs is 1. The highest BCUT2D eigenvalue weighted by atomic mass is 32.1. The Hall–Kier alpha value is -4.57. The molecule has 0 radical (unpaired) electrons. The number of likely N-dealkylation sites (tertiary alicyclic amines) is 1. The zero-order chi connectivity index (χ0) is 27.3. The van der Waals surface area contributed by atoms with E-state index in [1.54, 1.807) is 36.5 Å². The van der Waals surface area contributed by atoms with Crippen molar-refractivity contribution >= 4 is 27.3 Å². The fraction of sp³-hybridized carbons (Fsp3) is 0.172. The molecule has 1 saturated heterocycles. The van der Waals surface area contributed by atoms with Crippen molar-refractivity contribution in [1.82, 2.24) is 24.2 Å². The van der Waals surface area contributed by atoms with Crippen LogP contribution in [0.5, 0.6) is 5.75 Å². The molecule has 0 N–H and O–H groups in total. The van der Waals surface area contributed by atoms with Gasteiger partial charge in [0.1, 0.15) is 11.6 Å². The Bertz CT molecular complexity index is 1820. The van der Waals surface area contributed by atoms with Gasteiger partial charge in [0.25, 0.3) is 5.56 Å². The number of aryl methyl sites for hydroxylation is 1. The normalized spacial score (nSPS) is 13.5. The third kappa shape index (κ3) is 4.22. The molecule has 1 aromatic carbocycles. The summed E-state index contributed by atoms with van der Waals surface area (Å²) in [6, 6.07) is 9.91. The summed E-state index contributed by atoms with van der Waals surface area (Å²) >= 11 is 1.54. The Balaban J connectivity index is 1.56. The number of nitrogens with zero attached hydrogens (tertiary/aromatic N) is 5. The smallest absolute Gasteiger partial charge is 0.250 e. The average Bonchev–Trinajstić information content (AvgIpc) is 3.59. The van der Waals surface area contributed by atoms with Crippen LogP contribution < -0.4 is 10.3 Å². The third-order valence-corrected chi connectivity index (χ3v) is 7.95. The van der Waals surface area contributed by atoms with Gasteiger partial charge in [-0.3, -0.25) is 14.3 Å². The Morgan fingerprint density at radius 1 is 1.18 bits per heavy atom. The molecule has 0 atom stereocenters. The molecule has 1 aliphatic rings. The summed E-state index contributed by atoms with van der Waals surface area (Å²) in [4.78, 5) is 31.2. The predicted octanol–water partition coefficient (Wildman–Crippen LogP) is 4.91. The molecule has 0 bridgehead atoms. The number of aromatic nitrogens is 4. The van der Waals surface area contributed by atoms with Gasteiger partial charge in [0, 0.05) is 77.0 Å². The number of pyridine rings is 2. The van der Waals surface area contributed by atoms with Gasteiger partial charge in [0.2, 0.25) is 5.91 Å². The lowest BCUT2D eigenvalue weighted by atomic mass is 9.96. The Labute approximate surface area is 227 Å². The first kappa shape index (κ1) is 24.7. The predicted molar refractivity (Wildman–Crippen MR) is 149 cm³/mol. The number of thiophene rings is 1. The SMILES string of the molecule is C=CC(=O)N1CC(n2cc(-c3nc(-c4ccn(C)c(=O)c4)c4ccsc4c3-c3ccc(F)cc3OC)cn2)C1. The van der Waals surface area contributed by atoms with Crippen molar-refractivity contribution in [3.63, 3.8) is 0 Å². The molecule has 0 unspecified atom stereocenters. The van der Waals surface area contributed by atoms with Gasteiger partial charge in [-0.25, -0.2) is 9.37 Å². The van der Waals surface area contributed by atoms with Gasteiger partial charge in [-0.1, -0.05) is 6.58 Å². The maximum Gasteiger partial charge on any atom is 0.250 e. The highest BCUT2D eigenvalue weighted by molar-refractivity contribution is 7.18. The molecule has 0 spiro atoms. The zero-order valence-electron chi connectivity index (χ0n) is 21.3. The van der Waals surface area contributed by atoms with Gasteiger partial charge in [0.05, 0.1) is 30.7 Å². The number of hydrogen-bond acceptors (Lipinski definition) is 6. The molecule has 1 fully saturated rings. The summed E-state index contributed by atoms with van der Waals surface area (Å²) in [6.45, 7) is 4.64. The molecule has 6 rings (SSSR count). The van der Waals surface area contributed by atoms with Crippen molar-refractivity contribution in [3.8, 4) is 39.4 Å². The summed E-state index contributed by atoms with van der Waals surface area (Å²) in [5.74, 6) is -0.118. The molecule has 4 aromatic heterocycles. The number of ether oxygens (including phenoxy) is 1. The van der Waals surface area contributed by atoms with Gasteiger partial charge >= 0.3 is 0 Å². The second-order valence-electron chi connectivity index (χ2n) is 9.37.